The number of benzene rings is 2. The summed E-state index contributed by atoms with van der Waals surface area (Å²) >= 11 is 0. The lowest BCUT2D eigenvalue weighted by molar-refractivity contribution is 1.19. The Morgan fingerprint density at radius 2 is 1.56 bits per heavy atom. The van der Waals surface area contributed by atoms with Crippen molar-refractivity contribution in [2.45, 2.75) is 6.42 Å². The van der Waals surface area contributed by atoms with Gasteiger partial charge in [-0.1, -0.05) is 42.5 Å². The number of hydrogen-bond donors (Lipinski definition) is 0. The highest BCUT2D eigenvalue weighted by molar-refractivity contribution is 6.07. The molecule has 2 aromatic carbocycles. The van der Waals surface area contributed by atoms with Gasteiger partial charge in [0.05, 0.1) is 5.69 Å². The zero-order valence-electron chi connectivity index (χ0n) is 8.98. The van der Waals surface area contributed by atoms with E-state index in [0.29, 0.717) is 0 Å². The number of para-hydroxylation sites is 1. The number of fused-ring (bicyclic) bond motifs is 2. The van der Waals surface area contributed by atoms with Gasteiger partial charge in [0.2, 0.25) is 0 Å². The molecule has 0 aliphatic carbocycles. The summed E-state index contributed by atoms with van der Waals surface area (Å²) < 4.78 is 0. The molecule has 0 saturated heterocycles. The number of hydrogen-bond acceptors (Lipinski definition) is 1. The van der Waals surface area contributed by atoms with Crippen molar-refractivity contribution in [3.8, 4) is 0 Å². The molecule has 0 atom stereocenters. The predicted molar refractivity (Wildman–Crippen MR) is 67.2 cm³/mol. The lowest BCUT2D eigenvalue weighted by Gasteiger charge is -2.04. The third kappa shape index (κ3) is 1.45. The molecule has 0 unspecified atom stereocenters. The van der Waals surface area contributed by atoms with Crippen LogP contribution in [0.25, 0.3) is 0 Å². The van der Waals surface area contributed by atoms with Gasteiger partial charge >= 0.3 is 0 Å². The second-order valence-electron chi connectivity index (χ2n) is 4.02. The SMILES string of the molecule is [CH2]C1=Nc2ccccc2Cc2ccccc21. The first-order chi connectivity index (χ1) is 7.84. The minimum Gasteiger partial charge on any atom is -0.253 e. The summed E-state index contributed by atoms with van der Waals surface area (Å²) in [6.45, 7) is 4.05. The molecule has 0 N–H and O–H groups in total. The third-order valence-electron chi connectivity index (χ3n) is 2.96. The van der Waals surface area contributed by atoms with Gasteiger partial charge in [-0.25, -0.2) is 0 Å². The van der Waals surface area contributed by atoms with E-state index in [2.05, 4.69) is 42.2 Å². The molecular weight excluding hydrogens is 194 g/mol. The molecule has 0 bridgehead atoms. The maximum Gasteiger partial charge on any atom is 0.0668 e. The lowest BCUT2D eigenvalue weighted by atomic mass is 9.98. The van der Waals surface area contributed by atoms with Crippen LogP contribution in [0.4, 0.5) is 5.69 Å². The standard InChI is InChI=1S/C15H12N/c1-11-14-8-4-2-6-12(14)10-13-7-3-5-9-15(13)16-11/h2-9H,1,10H2. The summed E-state index contributed by atoms with van der Waals surface area (Å²) in [4.78, 5) is 4.59. The topological polar surface area (TPSA) is 12.4 Å². The molecule has 1 aliphatic rings. The van der Waals surface area contributed by atoms with E-state index in [9.17, 15) is 0 Å². The van der Waals surface area contributed by atoms with Crippen molar-refractivity contribution in [1.82, 2.24) is 0 Å². The highest BCUT2D eigenvalue weighted by Crippen LogP contribution is 2.28. The van der Waals surface area contributed by atoms with E-state index in [4.69, 9.17) is 0 Å². The summed E-state index contributed by atoms with van der Waals surface area (Å²) in [6.07, 6.45) is 0.939. The first-order valence-corrected chi connectivity index (χ1v) is 5.41. The van der Waals surface area contributed by atoms with E-state index in [1.165, 1.54) is 16.7 Å². The van der Waals surface area contributed by atoms with Crippen LogP contribution < -0.4 is 0 Å². The number of nitrogens with zero attached hydrogens (tertiary/aromatic N) is 1. The summed E-state index contributed by atoms with van der Waals surface area (Å²) in [5.41, 5.74) is 5.65. The van der Waals surface area contributed by atoms with E-state index in [0.717, 1.165) is 17.8 Å². The quantitative estimate of drug-likeness (QED) is 0.625. The van der Waals surface area contributed by atoms with Crippen LogP contribution in [0.15, 0.2) is 53.5 Å². The first kappa shape index (κ1) is 9.34. The average Bonchev–Trinajstić information content (AvgIpc) is 2.45. The van der Waals surface area contributed by atoms with Gasteiger partial charge in [-0.3, -0.25) is 4.99 Å². The molecule has 2 aromatic rings. The predicted octanol–water partition coefficient (Wildman–Crippen LogP) is 3.55. The van der Waals surface area contributed by atoms with Gasteiger partial charge in [0.1, 0.15) is 0 Å². The second-order valence-corrected chi connectivity index (χ2v) is 4.02. The molecule has 0 spiro atoms. The fourth-order valence-electron chi connectivity index (χ4n) is 2.14. The molecular formula is C15H12N. The molecule has 77 valence electrons. The third-order valence-corrected chi connectivity index (χ3v) is 2.96. The Morgan fingerprint density at radius 1 is 0.875 bits per heavy atom. The van der Waals surface area contributed by atoms with Crippen molar-refractivity contribution in [1.29, 1.82) is 0 Å². The van der Waals surface area contributed by atoms with Gasteiger partial charge in [0.15, 0.2) is 0 Å². The van der Waals surface area contributed by atoms with Crippen molar-refractivity contribution in [3.05, 3.63) is 72.1 Å². The molecule has 0 fully saturated rings. The number of aliphatic imine (C=N–C) groups is 1. The van der Waals surface area contributed by atoms with Crippen LogP contribution in [0.5, 0.6) is 0 Å². The Kier molecular flexibility index (Phi) is 2.10. The minimum absolute atomic E-state index is 0.862. The molecule has 1 radical (unpaired) electrons. The van der Waals surface area contributed by atoms with Gasteiger partial charge in [0, 0.05) is 12.1 Å². The van der Waals surface area contributed by atoms with Gasteiger partial charge < -0.3 is 0 Å². The molecule has 1 heteroatoms. The second kappa shape index (κ2) is 3.60. The summed E-state index contributed by atoms with van der Waals surface area (Å²) in [7, 11) is 0. The van der Waals surface area contributed by atoms with Gasteiger partial charge in [-0.2, -0.15) is 0 Å². The van der Waals surface area contributed by atoms with Crippen molar-refractivity contribution in [3.63, 3.8) is 0 Å². The smallest absolute Gasteiger partial charge is 0.0668 e. The summed E-state index contributed by atoms with van der Waals surface area (Å²) in [5, 5.41) is 0. The van der Waals surface area contributed by atoms with Crippen LogP contribution >= 0.6 is 0 Å². The fraction of sp³-hybridized carbons (Fsp3) is 0.0667. The van der Waals surface area contributed by atoms with Crippen molar-refractivity contribution in [2.75, 3.05) is 0 Å². The first-order valence-electron chi connectivity index (χ1n) is 5.41. The molecule has 0 saturated carbocycles. The largest absolute Gasteiger partial charge is 0.253 e. The zero-order chi connectivity index (χ0) is 11.0. The maximum absolute atomic E-state index is 4.59. The van der Waals surface area contributed by atoms with E-state index >= 15 is 0 Å². The van der Waals surface area contributed by atoms with E-state index < -0.39 is 0 Å². The maximum atomic E-state index is 4.59. The Balaban J connectivity index is 2.25. The Labute approximate surface area is 95.5 Å². The summed E-state index contributed by atoms with van der Waals surface area (Å²) in [6, 6.07) is 16.6. The molecule has 0 amide bonds. The summed E-state index contributed by atoms with van der Waals surface area (Å²) in [5.74, 6) is 0. The Hall–Kier alpha value is -1.89. The molecule has 1 aliphatic heterocycles. The van der Waals surface area contributed by atoms with E-state index in [1.54, 1.807) is 0 Å². The minimum atomic E-state index is 0.862. The Bertz CT molecular complexity index is 567. The van der Waals surface area contributed by atoms with E-state index in [1.807, 2.05) is 18.2 Å². The molecule has 1 heterocycles. The highest BCUT2D eigenvalue weighted by atomic mass is 14.8. The molecule has 0 aromatic heterocycles. The van der Waals surface area contributed by atoms with Crippen LogP contribution in [-0.2, 0) is 6.42 Å². The molecule has 3 rings (SSSR count). The number of rotatable bonds is 0. The van der Waals surface area contributed by atoms with E-state index in [-0.39, 0.29) is 0 Å². The monoisotopic (exact) mass is 206 g/mol. The van der Waals surface area contributed by atoms with Crippen molar-refractivity contribution in [2.24, 2.45) is 4.99 Å². The average molecular weight is 206 g/mol. The fourth-order valence-corrected chi connectivity index (χ4v) is 2.14. The Morgan fingerprint density at radius 3 is 2.44 bits per heavy atom. The van der Waals surface area contributed by atoms with Crippen LogP contribution in [-0.4, -0.2) is 5.71 Å². The highest BCUT2D eigenvalue weighted by Gasteiger charge is 2.12. The normalized spacial score (nSPS) is 13.4. The van der Waals surface area contributed by atoms with Crippen LogP contribution in [0.1, 0.15) is 16.7 Å². The van der Waals surface area contributed by atoms with Gasteiger partial charge in [-0.15, -0.1) is 0 Å². The van der Waals surface area contributed by atoms with Gasteiger partial charge in [0.25, 0.3) is 0 Å². The van der Waals surface area contributed by atoms with Crippen LogP contribution in [0.3, 0.4) is 0 Å². The van der Waals surface area contributed by atoms with Crippen LogP contribution in [0.2, 0.25) is 0 Å². The zero-order valence-corrected chi connectivity index (χ0v) is 8.98. The van der Waals surface area contributed by atoms with Crippen molar-refractivity contribution >= 4 is 11.4 Å². The lowest BCUT2D eigenvalue weighted by Crippen LogP contribution is -1.98. The van der Waals surface area contributed by atoms with Crippen molar-refractivity contribution < 1.29 is 0 Å². The molecule has 1 nitrogen and oxygen atoms in total. The van der Waals surface area contributed by atoms with Crippen LogP contribution in [0, 0.1) is 6.92 Å². The van der Waals surface area contributed by atoms with Gasteiger partial charge in [-0.05, 0) is 29.7 Å². The molecule has 16 heavy (non-hydrogen) atoms.